The maximum atomic E-state index is 11.3. The van der Waals surface area contributed by atoms with Gasteiger partial charge < -0.3 is 10.6 Å². The summed E-state index contributed by atoms with van der Waals surface area (Å²) in [6.45, 7) is 1.95. The molecule has 4 heteroatoms. The average molecular weight is 220 g/mol. The Morgan fingerprint density at radius 1 is 1.19 bits per heavy atom. The number of nitrogens with one attached hydrogen (secondary N) is 2. The Morgan fingerprint density at radius 2 is 1.81 bits per heavy atom. The van der Waals surface area contributed by atoms with Crippen molar-refractivity contribution < 1.29 is 9.59 Å². The summed E-state index contributed by atoms with van der Waals surface area (Å²) in [5, 5.41) is 5.29. The molecular weight excluding hydrogens is 204 g/mol. The second-order valence-corrected chi connectivity index (χ2v) is 3.45. The van der Waals surface area contributed by atoms with Gasteiger partial charge in [0.1, 0.15) is 0 Å². The normalized spacial score (nSPS) is 9.62. The van der Waals surface area contributed by atoms with Gasteiger partial charge in [0.2, 0.25) is 5.91 Å². The molecule has 0 spiro atoms. The standard InChI is InChI=1S/C12H16N2O2/c1-3-4-11(15)14-10-7-5-9(6-8-10)12(16)13-2/h5-8H,3-4H2,1-2H3,(H,13,16)(H,14,15). The molecule has 0 aliphatic rings. The minimum atomic E-state index is -0.133. The van der Waals surface area contributed by atoms with Gasteiger partial charge in [0.25, 0.3) is 5.91 Å². The van der Waals surface area contributed by atoms with Gasteiger partial charge >= 0.3 is 0 Å². The molecule has 4 nitrogen and oxygen atoms in total. The molecule has 16 heavy (non-hydrogen) atoms. The lowest BCUT2D eigenvalue weighted by atomic mass is 10.2. The molecule has 0 unspecified atom stereocenters. The fraction of sp³-hybridized carbons (Fsp3) is 0.333. The van der Waals surface area contributed by atoms with Crippen LogP contribution in [0.2, 0.25) is 0 Å². The minimum absolute atomic E-state index is 0.00445. The smallest absolute Gasteiger partial charge is 0.251 e. The first kappa shape index (κ1) is 12.2. The average Bonchev–Trinajstić information content (AvgIpc) is 2.29. The molecule has 2 N–H and O–H groups in total. The van der Waals surface area contributed by atoms with Crippen LogP contribution < -0.4 is 10.6 Å². The number of anilines is 1. The third-order valence-electron chi connectivity index (χ3n) is 2.13. The van der Waals surface area contributed by atoms with Gasteiger partial charge in [-0.25, -0.2) is 0 Å². The molecule has 0 aliphatic carbocycles. The van der Waals surface area contributed by atoms with Crippen molar-refractivity contribution >= 4 is 17.5 Å². The number of amides is 2. The predicted octanol–water partition coefficient (Wildman–Crippen LogP) is 1.78. The van der Waals surface area contributed by atoms with E-state index < -0.39 is 0 Å². The molecule has 0 heterocycles. The van der Waals surface area contributed by atoms with Gasteiger partial charge in [0.15, 0.2) is 0 Å². The van der Waals surface area contributed by atoms with Crippen molar-refractivity contribution in [1.82, 2.24) is 5.32 Å². The van der Waals surface area contributed by atoms with Gasteiger partial charge in [0.05, 0.1) is 0 Å². The van der Waals surface area contributed by atoms with Gasteiger partial charge in [0, 0.05) is 24.7 Å². The third-order valence-corrected chi connectivity index (χ3v) is 2.13. The van der Waals surface area contributed by atoms with Crippen molar-refractivity contribution in [2.45, 2.75) is 19.8 Å². The van der Waals surface area contributed by atoms with Gasteiger partial charge in [-0.2, -0.15) is 0 Å². The van der Waals surface area contributed by atoms with E-state index in [9.17, 15) is 9.59 Å². The molecule has 0 fully saturated rings. The van der Waals surface area contributed by atoms with Crippen LogP contribution in [0.15, 0.2) is 24.3 Å². The second kappa shape index (κ2) is 5.90. The Morgan fingerprint density at radius 3 is 2.31 bits per heavy atom. The summed E-state index contributed by atoms with van der Waals surface area (Å²) < 4.78 is 0. The first-order valence-electron chi connectivity index (χ1n) is 5.29. The molecular formula is C12H16N2O2. The predicted molar refractivity (Wildman–Crippen MR) is 63.4 cm³/mol. The highest BCUT2D eigenvalue weighted by molar-refractivity contribution is 5.95. The molecule has 1 rings (SSSR count). The second-order valence-electron chi connectivity index (χ2n) is 3.45. The summed E-state index contributed by atoms with van der Waals surface area (Å²) in [5.41, 5.74) is 1.29. The van der Waals surface area contributed by atoms with Crippen LogP contribution in [0, 0.1) is 0 Å². The number of carbonyl (C=O) groups excluding carboxylic acids is 2. The monoisotopic (exact) mass is 220 g/mol. The molecule has 0 saturated heterocycles. The molecule has 86 valence electrons. The Kier molecular flexibility index (Phi) is 4.51. The van der Waals surface area contributed by atoms with E-state index in [0.717, 1.165) is 6.42 Å². The lowest BCUT2D eigenvalue weighted by Crippen LogP contribution is -2.17. The lowest BCUT2D eigenvalue weighted by Gasteiger charge is -2.05. The number of hydrogen-bond acceptors (Lipinski definition) is 2. The Labute approximate surface area is 95.0 Å². The van der Waals surface area contributed by atoms with Crippen LogP contribution in [0.4, 0.5) is 5.69 Å². The summed E-state index contributed by atoms with van der Waals surface area (Å²) in [6.07, 6.45) is 1.33. The van der Waals surface area contributed by atoms with Gasteiger partial charge in [-0.3, -0.25) is 9.59 Å². The van der Waals surface area contributed by atoms with E-state index in [0.29, 0.717) is 17.7 Å². The maximum Gasteiger partial charge on any atom is 0.251 e. The molecule has 0 radical (unpaired) electrons. The van der Waals surface area contributed by atoms with E-state index in [1.54, 1.807) is 31.3 Å². The Bertz CT molecular complexity index is 371. The van der Waals surface area contributed by atoms with Crippen LogP contribution in [0.3, 0.4) is 0 Å². The Balaban J connectivity index is 2.64. The molecule has 0 saturated carbocycles. The van der Waals surface area contributed by atoms with Gasteiger partial charge in [-0.05, 0) is 30.7 Å². The zero-order valence-corrected chi connectivity index (χ0v) is 9.54. The van der Waals surface area contributed by atoms with Crippen LogP contribution >= 0.6 is 0 Å². The van der Waals surface area contributed by atoms with E-state index in [2.05, 4.69) is 10.6 Å². The zero-order chi connectivity index (χ0) is 12.0. The van der Waals surface area contributed by atoms with Crippen LogP contribution in [-0.2, 0) is 4.79 Å². The van der Waals surface area contributed by atoms with Gasteiger partial charge in [-0.1, -0.05) is 6.92 Å². The first-order valence-corrected chi connectivity index (χ1v) is 5.29. The number of carbonyl (C=O) groups is 2. The summed E-state index contributed by atoms with van der Waals surface area (Å²) in [5.74, 6) is -0.137. The van der Waals surface area contributed by atoms with E-state index in [1.165, 1.54) is 0 Å². The molecule has 0 bridgehead atoms. The van der Waals surface area contributed by atoms with Crippen molar-refractivity contribution in [2.75, 3.05) is 12.4 Å². The molecule has 0 aliphatic heterocycles. The maximum absolute atomic E-state index is 11.3. The van der Waals surface area contributed by atoms with Crippen molar-refractivity contribution in [3.05, 3.63) is 29.8 Å². The molecule has 2 amide bonds. The topological polar surface area (TPSA) is 58.2 Å². The van der Waals surface area contributed by atoms with Crippen LogP contribution in [0.5, 0.6) is 0 Å². The van der Waals surface area contributed by atoms with Crippen molar-refractivity contribution in [3.8, 4) is 0 Å². The van der Waals surface area contributed by atoms with E-state index in [4.69, 9.17) is 0 Å². The number of benzene rings is 1. The summed E-state index contributed by atoms with van der Waals surface area (Å²) in [6, 6.07) is 6.80. The van der Waals surface area contributed by atoms with Crippen LogP contribution in [-0.4, -0.2) is 18.9 Å². The highest BCUT2D eigenvalue weighted by Crippen LogP contribution is 2.10. The minimum Gasteiger partial charge on any atom is -0.355 e. The van der Waals surface area contributed by atoms with Crippen molar-refractivity contribution in [3.63, 3.8) is 0 Å². The highest BCUT2D eigenvalue weighted by atomic mass is 16.2. The zero-order valence-electron chi connectivity index (χ0n) is 9.54. The molecule has 0 aromatic heterocycles. The summed E-state index contributed by atoms with van der Waals surface area (Å²) in [7, 11) is 1.58. The van der Waals surface area contributed by atoms with Crippen LogP contribution in [0.1, 0.15) is 30.1 Å². The molecule has 1 aromatic rings. The third kappa shape index (κ3) is 3.38. The lowest BCUT2D eigenvalue weighted by molar-refractivity contribution is -0.116. The summed E-state index contributed by atoms with van der Waals surface area (Å²) >= 11 is 0. The SMILES string of the molecule is CCCC(=O)Nc1ccc(C(=O)NC)cc1. The van der Waals surface area contributed by atoms with Gasteiger partial charge in [-0.15, -0.1) is 0 Å². The number of rotatable bonds is 4. The van der Waals surface area contributed by atoms with E-state index in [-0.39, 0.29) is 11.8 Å². The quantitative estimate of drug-likeness (QED) is 0.812. The number of hydrogen-bond donors (Lipinski definition) is 2. The fourth-order valence-electron chi connectivity index (χ4n) is 1.30. The van der Waals surface area contributed by atoms with Crippen molar-refractivity contribution in [1.29, 1.82) is 0 Å². The largest absolute Gasteiger partial charge is 0.355 e. The van der Waals surface area contributed by atoms with Crippen molar-refractivity contribution in [2.24, 2.45) is 0 Å². The fourth-order valence-corrected chi connectivity index (χ4v) is 1.30. The first-order chi connectivity index (χ1) is 7.67. The van der Waals surface area contributed by atoms with E-state index >= 15 is 0 Å². The van der Waals surface area contributed by atoms with Crippen LogP contribution in [0.25, 0.3) is 0 Å². The molecule has 0 atom stereocenters. The Hall–Kier alpha value is -1.84. The summed E-state index contributed by atoms with van der Waals surface area (Å²) in [4.78, 5) is 22.5. The van der Waals surface area contributed by atoms with E-state index in [1.807, 2.05) is 6.92 Å². The molecule has 1 aromatic carbocycles. The highest BCUT2D eigenvalue weighted by Gasteiger charge is 2.03.